The molecule has 18 heavy (non-hydrogen) atoms. The number of hydrogen-bond acceptors (Lipinski definition) is 5. The number of esters is 1. The number of hydrogen-bond donors (Lipinski definition) is 3. The molecule has 0 aromatic heterocycles. The van der Waals surface area contributed by atoms with Gasteiger partial charge in [-0.05, 0) is 13.8 Å². The third kappa shape index (κ3) is 5.00. The third-order valence-electron chi connectivity index (χ3n) is 2.19. The molecular weight excluding hydrogens is 244 g/mol. The smallest absolute Gasteiger partial charge is 0.328 e. The van der Waals surface area contributed by atoms with Crippen molar-refractivity contribution < 1.29 is 29.3 Å². The Morgan fingerprint density at radius 2 is 1.89 bits per heavy atom. The standard InChI is InChI=1S/C10H18N2O6/c1-6(2)12(4-8(14)18-3)10(17)11-7(5-13)9(15)16/h6-7,13H,4-5H2,1-3H3,(H,11,17)(H,15,16)/t7-/m1/s1. The van der Waals surface area contributed by atoms with E-state index in [2.05, 4.69) is 10.1 Å². The topological polar surface area (TPSA) is 116 Å². The number of aliphatic carboxylic acids is 1. The van der Waals surface area contributed by atoms with Crippen molar-refractivity contribution in [1.29, 1.82) is 0 Å². The summed E-state index contributed by atoms with van der Waals surface area (Å²) in [4.78, 5) is 34.6. The van der Waals surface area contributed by atoms with Crippen molar-refractivity contribution in [3.05, 3.63) is 0 Å². The third-order valence-corrected chi connectivity index (χ3v) is 2.19. The Balaban J connectivity index is 4.66. The van der Waals surface area contributed by atoms with Crippen molar-refractivity contribution in [2.45, 2.75) is 25.9 Å². The molecule has 0 aliphatic heterocycles. The number of aliphatic hydroxyl groups excluding tert-OH is 1. The first-order valence-corrected chi connectivity index (χ1v) is 5.31. The van der Waals surface area contributed by atoms with Crippen molar-refractivity contribution in [2.75, 3.05) is 20.3 Å². The molecule has 3 N–H and O–H groups in total. The second kappa shape index (κ2) is 7.49. The van der Waals surface area contributed by atoms with Gasteiger partial charge in [0.1, 0.15) is 6.54 Å². The summed E-state index contributed by atoms with van der Waals surface area (Å²) in [6.45, 7) is 2.30. The van der Waals surface area contributed by atoms with E-state index in [4.69, 9.17) is 10.2 Å². The molecule has 0 unspecified atom stereocenters. The Labute approximate surface area is 105 Å². The Bertz CT molecular complexity index is 317. The van der Waals surface area contributed by atoms with Gasteiger partial charge in [-0.15, -0.1) is 0 Å². The first kappa shape index (κ1) is 16.2. The number of nitrogens with one attached hydrogen (secondary N) is 1. The Kier molecular flexibility index (Phi) is 6.73. The lowest BCUT2D eigenvalue weighted by molar-refractivity contribution is -0.141. The largest absolute Gasteiger partial charge is 0.480 e. The van der Waals surface area contributed by atoms with Gasteiger partial charge in [0.2, 0.25) is 0 Å². The highest BCUT2D eigenvalue weighted by atomic mass is 16.5. The number of aliphatic hydroxyl groups is 1. The molecule has 0 spiro atoms. The molecule has 0 saturated carbocycles. The van der Waals surface area contributed by atoms with Gasteiger partial charge in [-0.25, -0.2) is 9.59 Å². The van der Waals surface area contributed by atoms with Crippen molar-refractivity contribution in [3.63, 3.8) is 0 Å². The van der Waals surface area contributed by atoms with Crippen LogP contribution < -0.4 is 5.32 Å². The van der Waals surface area contributed by atoms with E-state index in [1.807, 2.05) is 0 Å². The molecule has 2 amide bonds. The van der Waals surface area contributed by atoms with Crippen molar-refractivity contribution in [2.24, 2.45) is 0 Å². The van der Waals surface area contributed by atoms with Crippen LogP contribution in [-0.2, 0) is 14.3 Å². The Hall–Kier alpha value is -1.83. The Morgan fingerprint density at radius 1 is 1.33 bits per heavy atom. The summed E-state index contributed by atoms with van der Waals surface area (Å²) in [6, 6.07) is -2.48. The molecular formula is C10H18N2O6. The van der Waals surface area contributed by atoms with Gasteiger partial charge in [0, 0.05) is 6.04 Å². The SMILES string of the molecule is COC(=O)CN(C(=O)N[C@H](CO)C(=O)O)C(C)C. The molecule has 8 nitrogen and oxygen atoms in total. The summed E-state index contributed by atoms with van der Waals surface area (Å²) in [7, 11) is 1.19. The zero-order valence-corrected chi connectivity index (χ0v) is 10.5. The van der Waals surface area contributed by atoms with Gasteiger partial charge in [-0.3, -0.25) is 4.79 Å². The molecule has 1 atom stereocenters. The summed E-state index contributed by atoms with van der Waals surface area (Å²) in [5, 5.41) is 19.6. The number of carbonyl (C=O) groups is 3. The van der Waals surface area contributed by atoms with Crippen LogP contribution in [0.15, 0.2) is 0 Å². The summed E-state index contributed by atoms with van der Waals surface area (Å²) < 4.78 is 4.43. The molecule has 0 rings (SSSR count). The molecule has 0 bridgehead atoms. The van der Waals surface area contributed by atoms with E-state index in [-0.39, 0.29) is 12.6 Å². The maximum Gasteiger partial charge on any atom is 0.328 e. The molecule has 0 aromatic rings. The number of nitrogens with zero attached hydrogens (tertiary/aromatic N) is 1. The fourth-order valence-corrected chi connectivity index (χ4v) is 1.11. The second-order valence-corrected chi connectivity index (χ2v) is 3.82. The van der Waals surface area contributed by atoms with Gasteiger partial charge in [-0.1, -0.05) is 0 Å². The van der Waals surface area contributed by atoms with Gasteiger partial charge in [0.15, 0.2) is 6.04 Å². The van der Waals surface area contributed by atoms with Crippen LogP contribution in [0.5, 0.6) is 0 Å². The second-order valence-electron chi connectivity index (χ2n) is 3.82. The molecule has 0 radical (unpaired) electrons. The number of rotatable bonds is 6. The van der Waals surface area contributed by atoms with Crippen molar-refractivity contribution in [1.82, 2.24) is 10.2 Å². The lowest BCUT2D eigenvalue weighted by atomic mass is 10.3. The zero-order valence-electron chi connectivity index (χ0n) is 10.5. The van der Waals surface area contributed by atoms with E-state index in [0.717, 1.165) is 4.90 Å². The average molecular weight is 262 g/mol. The summed E-state index contributed by atoms with van der Waals surface area (Å²) in [5.74, 6) is -1.97. The quantitative estimate of drug-likeness (QED) is 0.530. The van der Waals surface area contributed by atoms with Crippen molar-refractivity contribution >= 4 is 18.0 Å². The number of carbonyl (C=O) groups excluding carboxylic acids is 2. The molecule has 0 aliphatic rings. The zero-order chi connectivity index (χ0) is 14.3. The van der Waals surface area contributed by atoms with Crippen molar-refractivity contribution in [3.8, 4) is 0 Å². The van der Waals surface area contributed by atoms with Crippen LogP contribution in [0.25, 0.3) is 0 Å². The molecule has 104 valence electrons. The number of carboxylic acids is 1. The van der Waals surface area contributed by atoms with Gasteiger partial charge < -0.3 is 25.2 Å². The Morgan fingerprint density at radius 3 is 2.22 bits per heavy atom. The summed E-state index contributed by atoms with van der Waals surface area (Å²) in [6.07, 6.45) is 0. The van der Waals surface area contributed by atoms with Crippen LogP contribution in [0, 0.1) is 0 Å². The van der Waals surface area contributed by atoms with Crippen LogP contribution >= 0.6 is 0 Å². The average Bonchev–Trinajstić information content (AvgIpc) is 2.31. The lowest BCUT2D eigenvalue weighted by Crippen LogP contribution is -2.52. The molecule has 0 aromatic carbocycles. The van der Waals surface area contributed by atoms with Gasteiger partial charge in [-0.2, -0.15) is 0 Å². The predicted octanol–water partition coefficient (Wildman–Crippen LogP) is -0.975. The van der Waals surface area contributed by atoms with E-state index in [1.165, 1.54) is 7.11 Å². The fraction of sp³-hybridized carbons (Fsp3) is 0.700. The predicted molar refractivity (Wildman–Crippen MR) is 60.9 cm³/mol. The number of ether oxygens (including phenoxy) is 1. The molecule has 0 fully saturated rings. The summed E-state index contributed by atoms with van der Waals surface area (Å²) >= 11 is 0. The number of urea groups is 1. The fourth-order valence-electron chi connectivity index (χ4n) is 1.11. The van der Waals surface area contributed by atoms with E-state index in [0.29, 0.717) is 0 Å². The highest BCUT2D eigenvalue weighted by Gasteiger charge is 2.25. The van der Waals surface area contributed by atoms with E-state index in [9.17, 15) is 14.4 Å². The minimum atomic E-state index is -1.41. The van der Waals surface area contributed by atoms with Crippen LogP contribution in [0.1, 0.15) is 13.8 Å². The van der Waals surface area contributed by atoms with Gasteiger partial charge in [0.05, 0.1) is 13.7 Å². The first-order valence-electron chi connectivity index (χ1n) is 5.31. The number of carboxylic acid groups (broad SMARTS) is 1. The van der Waals surface area contributed by atoms with Crippen LogP contribution in [0.3, 0.4) is 0 Å². The molecule has 0 aliphatic carbocycles. The molecule has 8 heteroatoms. The van der Waals surface area contributed by atoms with E-state index < -0.39 is 30.6 Å². The first-order chi connectivity index (χ1) is 8.33. The monoisotopic (exact) mass is 262 g/mol. The van der Waals surface area contributed by atoms with Crippen LogP contribution in [-0.4, -0.2) is 65.4 Å². The highest BCUT2D eigenvalue weighted by molar-refractivity contribution is 5.85. The highest BCUT2D eigenvalue weighted by Crippen LogP contribution is 2.00. The normalized spacial score (nSPS) is 11.8. The van der Waals surface area contributed by atoms with E-state index in [1.54, 1.807) is 13.8 Å². The summed E-state index contributed by atoms with van der Waals surface area (Å²) in [5.41, 5.74) is 0. The van der Waals surface area contributed by atoms with Gasteiger partial charge >= 0.3 is 18.0 Å². The maximum atomic E-state index is 11.7. The minimum Gasteiger partial charge on any atom is -0.480 e. The number of methoxy groups -OCH3 is 1. The van der Waals surface area contributed by atoms with Crippen LogP contribution in [0.2, 0.25) is 0 Å². The molecule has 0 saturated heterocycles. The van der Waals surface area contributed by atoms with Gasteiger partial charge in [0.25, 0.3) is 0 Å². The lowest BCUT2D eigenvalue weighted by Gasteiger charge is -2.27. The minimum absolute atomic E-state index is 0.294. The number of amides is 2. The van der Waals surface area contributed by atoms with E-state index >= 15 is 0 Å². The van der Waals surface area contributed by atoms with Crippen LogP contribution in [0.4, 0.5) is 4.79 Å². The molecule has 0 heterocycles. The maximum absolute atomic E-state index is 11.7.